The second kappa shape index (κ2) is 6.69. The molecule has 0 amide bonds. The van der Waals surface area contributed by atoms with Gasteiger partial charge < -0.3 is 5.11 Å². The van der Waals surface area contributed by atoms with E-state index in [1.807, 2.05) is 0 Å². The van der Waals surface area contributed by atoms with Gasteiger partial charge in [0.25, 0.3) is 0 Å². The third kappa shape index (κ3) is 2.63. The van der Waals surface area contributed by atoms with Crippen molar-refractivity contribution in [2.24, 2.45) is 0 Å². The lowest BCUT2D eigenvalue weighted by atomic mass is 9.83. The minimum absolute atomic E-state index is 0.126. The number of hydrogen-bond donors (Lipinski definition) is 1. The van der Waals surface area contributed by atoms with Gasteiger partial charge in [-0.25, -0.2) is 0 Å². The first kappa shape index (κ1) is 15.7. The van der Waals surface area contributed by atoms with Gasteiger partial charge in [-0.15, -0.1) is 11.3 Å². The molecule has 1 unspecified atom stereocenters. The van der Waals surface area contributed by atoms with Gasteiger partial charge in [0, 0.05) is 4.88 Å². The predicted octanol–water partition coefficient (Wildman–Crippen LogP) is 3.99. The lowest BCUT2D eigenvalue weighted by Crippen LogP contribution is -2.52. The van der Waals surface area contributed by atoms with Crippen LogP contribution in [0.25, 0.3) is 0 Å². The van der Waals surface area contributed by atoms with E-state index in [0.29, 0.717) is 0 Å². The number of likely N-dealkylation sites (N-methyl/N-ethyl adjacent to an activating group) is 1. The predicted molar refractivity (Wildman–Crippen MR) is 80.2 cm³/mol. The molecule has 1 N–H and O–H groups in total. The van der Waals surface area contributed by atoms with Crippen LogP contribution in [0.3, 0.4) is 0 Å². The van der Waals surface area contributed by atoms with Gasteiger partial charge >= 0.3 is 0 Å². The Hall–Kier alpha value is -0.380. The van der Waals surface area contributed by atoms with Gasteiger partial charge in [0.05, 0.1) is 5.54 Å². The topological polar surface area (TPSA) is 23.5 Å². The Morgan fingerprint density at radius 2 is 1.78 bits per heavy atom. The highest BCUT2D eigenvalue weighted by atomic mass is 32.1. The molecule has 1 heterocycles. The highest BCUT2D eigenvalue weighted by molar-refractivity contribution is 7.10. The lowest BCUT2D eigenvalue weighted by molar-refractivity contribution is -0.0350. The summed E-state index contributed by atoms with van der Waals surface area (Å²) in [5.41, 5.74) is 1.09. The molecule has 0 fully saturated rings. The molecule has 0 aliphatic carbocycles. The number of aliphatic hydroxyl groups excluding tert-OH is 1. The summed E-state index contributed by atoms with van der Waals surface area (Å²) < 4.78 is 0. The fourth-order valence-electron chi connectivity index (χ4n) is 3.02. The van der Waals surface area contributed by atoms with E-state index in [4.69, 9.17) is 0 Å². The fraction of sp³-hybridized carbons (Fsp3) is 0.733. The van der Waals surface area contributed by atoms with Crippen molar-refractivity contribution >= 4 is 11.3 Å². The molecule has 18 heavy (non-hydrogen) atoms. The normalized spacial score (nSPS) is 14.2. The summed E-state index contributed by atoms with van der Waals surface area (Å²) in [5.74, 6) is 0. The van der Waals surface area contributed by atoms with E-state index in [1.165, 1.54) is 5.56 Å². The van der Waals surface area contributed by atoms with Crippen LogP contribution in [-0.4, -0.2) is 28.6 Å². The van der Waals surface area contributed by atoms with Crippen LogP contribution < -0.4 is 0 Å². The van der Waals surface area contributed by atoms with Gasteiger partial charge in [-0.3, -0.25) is 4.90 Å². The zero-order valence-electron chi connectivity index (χ0n) is 12.4. The van der Waals surface area contributed by atoms with Crippen LogP contribution in [-0.2, 0) is 0 Å². The van der Waals surface area contributed by atoms with Crippen molar-refractivity contribution in [3.63, 3.8) is 0 Å². The summed E-state index contributed by atoms with van der Waals surface area (Å²) in [7, 11) is 0. The quantitative estimate of drug-likeness (QED) is 0.809. The maximum absolute atomic E-state index is 10.9. The second-order valence-corrected chi connectivity index (χ2v) is 5.80. The Morgan fingerprint density at radius 3 is 2.11 bits per heavy atom. The molecular weight excluding hydrogens is 242 g/mol. The summed E-state index contributed by atoms with van der Waals surface area (Å²) in [6.45, 7) is 12.8. The Balaban J connectivity index is 3.15. The van der Waals surface area contributed by atoms with E-state index < -0.39 is 0 Å². The van der Waals surface area contributed by atoms with Crippen molar-refractivity contribution in [1.82, 2.24) is 4.90 Å². The largest absolute Gasteiger partial charge is 0.386 e. The van der Waals surface area contributed by atoms with Gasteiger partial charge in [-0.1, -0.05) is 27.7 Å². The molecule has 0 aromatic carbocycles. The van der Waals surface area contributed by atoms with Gasteiger partial charge in [0.1, 0.15) is 6.10 Å². The van der Waals surface area contributed by atoms with Crippen LogP contribution in [0.1, 0.15) is 57.1 Å². The van der Waals surface area contributed by atoms with E-state index in [9.17, 15) is 5.11 Å². The van der Waals surface area contributed by atoms with Gasteiger partial charge in [0.2, 0.25) is 0 Å². The summed E-state index contributed by atoms with van der Waals surface area (Å²) >= 11 is 1.68. The zero-order valence-corrected chi connectivity index (χ0v) is 13.2. The fourth-order valence-corrected chi connectivity index (χ4v) is 4.04. The van der Waals surface area contributed by atoms with Crippen LogP contribution in [0.15, 0.2) is 11.4 Å². The molecule has 0 aliphatic heterocycles. The maximum Gasteiger partial charge on any atom is 0.107 e. The summed E-state index contributed by atoms with van der Waals surface area (Å²) in [6, 6.07) is 2.10. The highest BCUT2D eigenvalue weighted by Crippen LogP contribution is 2.40. The average Bonchev–Trinajstić information content (AvgIpc) is 2.81. The third-order valence-electron chi connectivity index (χ3n) is 4.28. The summed E-state index contributed by atoms with van der Waals surface area (Å²) in [5, 5.41) is 13.0. The standard InChI is InChI=1S/C15H27NOS/c1-6-15(7-2,16(8-3)9-4)14(17)13-12(5)10-11-18-13/h10-11,14,17H,6-9H2,1-5H3. The van der Waals surface area contributed by atoms with E-state index in [1.54, 1.807) is 11.3 Å². The molecule has 1 atom stereocenters. The number of aryl methyl sites for hydroxylation is 1. The van der Waals surface area contributed by atoms with E-state index in [0.717, 1.165) is 30.8 Å². The van der Waals surface area contributed by atoms with E-state index >= 15 is 0 Å². The van der Waals surface area contributed by atoms with Crippen molar-refractivity contribution in [2.45, 2.75) is 59.1 Å². The minimum Gasteiger partial charge on any atom is -0.386 e. The second-order valence-electron chi connectivity index (χ2n) is 4.85. The van der Waals surface area contributed by atoms with E-state index in [2.05, 4.69) is 51.0 Å². The zero-order chi connectivity index (χ0) is 13.8. The van der Waals surface area contributed by atoms with Gasteiger partial charge in [-0.05, 0) is 49.9 Å². The van der Waals surface area contributed by atoms with Crippen LogP contribution >= 0.6 is 11.3 Å². The van der Waals surface area contributed by atoms with Crippen LogP contribution in [0.4, 0.5) is 0 Å². The summed E-state index contributed by atoms with van der Waals surface area (Å²) in [6.07, 6.45) is 1.57. The molecule has 0 radical (unpaired) electrons. The van der Waals surface area contributed by atoms with Crippen molar-refractivity contribution in [3.05, 3.63) is 21.9 Å². The lowest BCUT2D eigenvalue weighted by Gasteiger charge is -2.45. The SMILES string of the molecule is CCN(CC)C(CC)(CC)C(O)c1sccc1C. The van der Waals surface area contributed by atoms with E-state index in [-0.39, 0.29) is 11.6 Å². The first-order chi connectivity index (χ1) is 8.57. The van der Waals surface area contributed by atoms with Crippen LogP contribution in [0, 0.1) is 6.92 Å². The van der Waals surface area contributed by atoms with Crippen molar-refractivity contribution in [1.29, 1.82) is 0 Å². The third-order valence-corrected chi connectivity index (χ3v) is 5.35. The van der Waals surface area contributed by atoms with Crippen molar-refractivity contribution in [3.8, 4) is 0 Å². The molecule has 0 saturated heterocycles. The summed E-state index contributed by atoms with van der Waals surface area (Å²) in [4.78, 5) is 3.54. The number of nitrogens with zero attached hydrogens (tertiary/aromatic N) is 1. The number of aliphatic hydroxyl groups is 1. The first-order valence-electron chi connectivity index (χ1n) is 7.04. The molecule has 1 aromatic heterocycles. The van der Waals surface area contributed by atoms with Gasteiger partial charge in [0.15, 0.2) is 0 Å². The molecule has 0 spiro atoms. The minimum atomic E-state index is -0.382. The maximum atomic E-state index is 10.9. The Bertz CT molecular complexity index is 353. The molecule has 0 aliphatic rings. The van der Waals surface area contributed by atoms with Crippen molar-refractivity contribution < 1.29 is 5.11 Å². The number of thiophene rings is 1. The number of rotatable bonds is 7. The molecule has 104 valence electrons. The van der Waals surface area contributed by atoms with Crippen molar-refractivity contribution in [2.75, 3.05) is 13.1 Å². The molecule has 1 aromatic rings. The average molecular weight is 269 g/mol. The van der Waals surface area contributed by atoms with Crippen LogP contribution in [0.5, 0.6) is 0 Å². The highest BCUT2D eigenvalue weighted by Gasteiger charge is 2.40. The Labute approximate surface area is 116 Å². The molecule has 2 nitrogen and oxygen atoms in total. The van der Waals surface area contributed by atoms with Gasteiger partial charge in [-0.2, -0.15) is 0 Å². The number of hydrogen-bond acceptors (Lipinski definition) is 3. The Morgan fingerprint density at radius 1 is 1.22 bits per heavy atom. The molecule has 1 rings (SSSR count). The monoisotopic (exact) mass is 269 g/mol. The molecular formula is C15H27NOS. The molecule has 0 bridgehead atoms. The smallest absolute Gasteiger partial charge is 0.107 e. The van der Waals surface area contributed by atoms with Crippen LogP contribution in [0.2, 0.25) is 0 Å². The molecule has 0 saturated carbocycles. The molecule has 3 heteroatoms. The first-order valence-corrected chi connectivity index (χ1v) is 7.92. The Kier molecular flexibility index (Phi) is 5.83.